The maximum atomic E-state index is 13.0. The highest BCUT2D eigenvalue weighted by atomic mass is 19.1. The van der Waals surface area contributed by atoms with Crippen molar-refractivity contribution < 1.29 is 9.50 Å². The molecule has 1 rings (SSSR count). The van der Waals surface area contributed by atoms with Gasteiger partial charge in [0.05, 0.1) is 5.69 Å². The molecule has 0 amide bonds. The normalized spacial score (nSPS) is 11.0. The second-order valence-corrected chi connectivity index (χ2v) is 2.73. The van der Waals surface area contributed by atoms with Gasteiger partial charge in [0.25, 0.3) is 0 Å². The van der Waals surface area contributed by atoms with E-state index in [0.29, 0.717) is 12.1 Å². The largest absolute Gasteiger partial charge is 0.396 e. The second kappa shape index (κ2) is 4.72. The molecule has 0 aliphatic carbocycles. The Balaban J connectivity index is 2.81. The summed E-state index contributed by atoms with van der Waals surface area (Å²) >= 11 is 0. The fraction of sp³-hybridized carbons (Fsp3) is 0.300. The standard InChI is InChI=1S/C10H12FNO/c1-8-5-6-9(11)10(12-8)4-2-3-7-13/h2,4-6,13H,3,7H2,1H3. The zero-order valence-electron chi connectivity index (χ0n) is 7.50. The first-order chi connectivity index (χ1) is 6.24. The first-order valence-corrected chi connectivity index (χ1v) is 4.14. The molecule has 0 aliphatic heterocycles. The maximum absolute atomic E-state index is 13.0. The maximum Gasteiger partial charge on any atom is 0.148 e. The minimum Gasteiger partial charge on any atom is -0.396 e. The molecule has 1 aromatic heterocycles. The van der Waals surface area contributed by atoms with E-state index < -0.39 is 0 Å². The predicted octanol–water partition coefficient (Wildman–Crippen LogP) is 1.92. The highest BCUT2D eigenvalue weighted by Crippen LogP contribution is 2.07. The van der Waals surface area contributed by atoms with E-state index in [9.17, 15) is 4.39 Å². The number of pyridine rings is 1. The van der Waals surface area contributed by atoms with Gasteiger partial charge in [-0.1, -0.05) is 6.08 Å². The Morgan fingerprint density at radius 1 is 1.54 bits per heavy atom. The Bertz CT molecular complexity index is 310. The van der Waals surface area contributed by atoms with Crippen molar-refractivity contribution in [1.82, 2.24) is 4.98 Å². The molecule has 0 unspecified atom stereocenters. The monoisotopic (exact) mass is 181 g/mol. The van der Waals surface area contributed by atoms with Crippen molar-refractivity contribution in [3.63, 3.8) is 0 Å². The van der Waals surface area contributed by atoms with E-state index in [4.69, 9.17) is 5.11 Å². The van der Waals surface area contributed by atoms with E-state index >= 15 is 0 Å². The van der Waals surface area contributed by atoms with Crippen LogP contribution in [0.2, 0.25) is 0 Å². The Labute approximate surface area is 76.7 Å². The fourth-order valence-corrected chi connectivity index (χ4v) is 0.946. The first kappa shape index (κ1) is 9.86. The molecule has 3 heteroatoms. The van der Waals surface area contributed by atoms with E-state index in [1.165, 1.54) is 6.07 Å². The number of aliphatic hydroxyl groups is 1. The number of aromatic nitrogens is 1. The SMILES string of the molecule is Cc1ccc(F)c(C=CCCO)n1. The number of aryl methyl sites for hydroxylation is 1. The van der Waals surface area contributed by atoms with Gasteiger partial charge in [-0.05, 0) is 31.6 Å². The van der Waals surface area contributed by atoms with Gasteiger partial charge in [-0.15, -0.1) is 0 Å². The molecule has 0 saturated heterocycles. The Morgan fingerprint density at radius 2 is 2.31 bits per heavy atom. The molecular weight excluding hydrogens is 169 g/mol. The Morgan fingerprint density at radius 3 is 3.00 bits per heavy atom. The van der Waals surface area contributed by atoms with E-state index in [2.05, 4.69) is 4.98 Å². The molecule has 0 radical (unpaired) electrons. The number of aliphatic hydroxyl groups excluding tert-OH is 1. The van der Waals surface area contributed by atoms with Crippen LogP contribution in [-0.4, -0.2) is 16.7 Å². The van der Waals surface area contributed by atoms with Crippen molar-refractivity contribution in [3.05, 3.63) is 35.4 Å². The summed E-state index contributed by atoms with van der Waals surface area (Å²) in [5, 5.41) is 8.50. The lowest BCUT2D eigenvalue weighted by molar-refractivity contribution is 0.303. The third kappa shape index (κ3) is 2.95. The molecule has 0 spiro atoms. The molecule has 1 aromatic rings. The van der Waals surface area contributed by atoms with Crippen LogP contribution in [0.3, 0.4) is 0 Å². The van der Waals surface area contributed by atoms with E-state index in [0.717, 1.165) is 5.69 Å². The van der Waals surface area contributed by atoms with Gasteiger partial charge in [0, 0.05) is 12.3 Å². The zero-order chi connectivity index (χ0) is 9.68. The van der Waals surface area contributed by atoms with Crippen molar-refractivity contribution in [2.75, 3.05) is 6.61 Å². The topological polar surface area (TPSA) is 33.1 Å². The van der Waals surface area contributed by atoms with Gasteiger partial charge >= 0.3 is 0 Å². The van der Waals surface area contributed by atoms with Gasteiger partial charge in [-0.2, -0.15) is 0 Å². The predicted molar refractivity (Wildman–Crippen MR) is 49.7 cm³/mol. The van der Waals surface area contributed by atoms with Crippen LogP contribution in [0, 0.1) is 12.7 Å². The van der Waals surface area contributed by atoms with Crippen LogP contribution < -0.4 is 0 Å². The summed E-state index contributed by atoms with van der Waals surface area (Å²) in [6, 6.07) is 3.01. The number of nitrogens with zero attached hydrogens (tertiary/aromatic N) is 1. The average molecular weight is 181 g/mol. The lowest BCUT2D eigenvalue weighted by atomic mass is 10.2. The van der Waals surface area contributed by atoms with Gasteiger partial charge in [0.2, 0.25) is 0 Å². The van der Waals surface area contributed by atoms with E-state index in [-0.39, 0.29) is 12.4 Å². The Hall–Kier alpha value is -1.22. The first-order valence-electron chi connectivity index (χ1n) is 4.14. The molecule has 0 aliphatic rings. The summed E-state index contributed by atoms with van der Waals surface area (Å²) in [6.07, 6.45) is 3.80. The van der Waals surface area contributed by atoms with Gasteiger partial charge < -0.3 is 5.11 Å². The molecule has 1 heterocycles. The molecule has 0 aromatic carbocycles. The summed E-state index contributed by atoms with van der Waals surface area (Å²) in [5.74, 6) is -0.334. The van der Waals surface area contributed by atoms with Crippen LogP contribution in [0.5, 0.6) is 0 Å². The van der Waals surface area contributed by atoms with Crippen LogP contribution in [0.25, 0.3) is 6.08 Å². The highest BCUT2D eigenvalue weighted by molar-refractivity contribution is 5.45. The van der Waals surface area contributed by atoms with Crippen LogP contribution >= 0.6 is 0 Å². The lowest BCUT2D eigenvalue weighted by Crippen LogP contribution is -1.90. The lowest BCUT2D eigenvalue weighted by Gasteiger charge is -1.97. The molecule has 0 bridgehead atoms. The van der Waals surface area contributed by atoms with Crippen molar-refractivity contribution in [3.8, 4) is 0 Å². The third-order valence-corrected chi connectivity index (χ3v) is 1.58. The number of hydrogen-bond acceptors (Lipinski definition) is 2. The van der Waals surface area contributed by atoms with Gasteiger partial charge in [0.15, 0.2) is 0 Å². The van der Waals surface area contributed by atoms with Crippen LogP contribution in [0.15, 0.2) is 18.2 Å². The molecule has 0 atom stereocenters. The molecule has 0 fully saturated rings. The molecule has 2 nitrogen and oxygen atoms in total. The van der Waals surface area contributed by atoms with E-state index in [1.807, 2.05) is 6.92 Å². The van der Waals surface area contributed by atoms with Crippen molar-refractivity contribution in [2.24, 2.45) is 0 Å². The summed E-state index contributed by atoms with van der Waals surface area (Å²) in [7, 11) is 0. The van der Waals surface area contributed by atoms with Crippen molar-refractivity contribution >= 4 is 6.08 Å². The minimum atomic E-state index is -0.334. The fourth-order valence-electron chi connectivity index (χ4n) is 0.946. The molecule has 13 heavy (non-hydrogen) atoms. The third-order valence-electron chi connectivity index (χ3n) is 1.58. The molecule has 1 N–H and O–H groups in total. The molecule has 0 saturated carbocycles. The van der Waals surface area contributed by atoms with Gasteiger partial charge in [-0.3, -0.25) is 4.98 Å². The van der Waals surface area contributed by atoms with Crippen LogP contribution in [0.1, 0.15) is 17.8 Å². The quantitative estimate of drug-likeness (QED) is 0.772. The molecule has 70 valence electrons. The summed E-state index contributed by atoms with van der Waals surface area (Å²) in [6.45, 7) is 1.88. The van der Waals surface area contributed by atoms with Crippen molar-refractivity contribution in [2.45, 2.75) is 13.3 Å². The zero-order valence-corrected chi connectivity index (χ0v) is 7.50. The second-order valence-electron chi connectivity index (χ2n) is 2.73. The van der Waals surface area contributed by atoms with E-state index in [1.54, 1.807) is 18.2 Å². The van der Waals surface area contributed by atoms with Crippen LogP contribution in [-0.2, 0) is 0 Å². The van der Waals surface area contributed by atoms with Gasteiger partial charge in [0.1, 0.15) is 5.82 Å². The Kier molecular flexibility index (Phi) is 3.58. The number of rotatable bonds is 3. The van der Waals surface area contributed by atoms with Crippen molar-refractivity contribution in [1.29, 1.82) is 0 Å². The molecular formula is C10H12FNO. The number of hydrogen-bond donors (Lipinski definition) is 1. The summed E-state index contributed by atoms with van der Waals surface area (Å²) < 4.78 is 13.0. The average Bonchev–Trinajstić information content (AvgIpc) is 2.11. The smallest absolute Gasteiger partial charge is 0.148 e. The van der Waals surface area contributed by atoms with Gasteiger partial charge in [-0.25, -0.2) is 4.39 Å². The summed E-state index contributed by atoms with van der Waals surface area (Å²) in [4.78, 5) is 4.00. The van der Waals surface area contributed by atoms with Crippen LogP contribution in [0.4, 0.5) is 4.39 Å². The number of halogens is 1. The minimum absolute atomic E-state index is 0.0733. The highest BCUT2D eigenvalue weighted by Gasteiger charge is 1.98. The summed E-state index contributed by atoms with van der Waals surface area (Å²) in [5.41, 5.74) is 1.11.